The van der Waals surface area contributed by atoms with E-state index in [4.69, 9.17) is 14.5 Å². The van der Waals surface area contributed by atoms with E-state index in [9.17, 15) is 4.79 Å². The van der Waals surface area contributed by atoms with Crippen LogP contribution in [-0.4, -0.2) is 71.6 Å². The van der Waals surface area contributed by atoms with Crippen LogP contribution in [0, 0.1) is 12.8 Å². The highest BCUT2D eigenvalue weighted by Gasteiger charge is 2.27. The number of aliphatic imine (C=N–C) groups is 1. The number of carbonyl (C=O) groups is 1. The summed E-state index contributed by atoms with van der Waals surface area (Å²) >= 11 is 0. The van der Waals surface area contributed by atoms with Gasteiger partial charge in [0.05, 0.1) is 13.0 Å². The maximum atomic E-state index is 11.7. The number of nitrogens with zero attached hydrogens (tertiary/aromatic N) is 5. The van der Waals surface area contributed by atoms with E-state index in [0.717, 1.165) is 69.7 Å². The maximum Gasteiger partial charge on any atom is 0.308 e. The molecule has 0 radical (unpaired) electrons. The zero-order valence-corrected chi connectivity index (χ0v) is 16.9. The number of piperidine rings is 1. The minimum Gasteiger partial charge on any atom is -0.469 e. The van der Waals surface area contributed by atoms with Crippen LogP contribution in [0.15, 0.2) is 4.99 Å². The number of nitrogens with one attached hydrogen (secondary N) is 1. The predicted octanol–water partition coefficient (Wildman–Crippen LogP) is 0.881. The monoisotopic (exact) mass is 380 g/mol. The normalized spacial score (nSPS) is 15.9. The van der Waals surface area contributed by atoms with Crippen LogP contribution in [0.5, 0.6) is 0 Å². The minimum atomic E-state index is -0.118. The highest BCUT2D eigenvalue weighted by molar-refractivity contribution is 5.80. The molecule has 0 spiro atoms. The Bertz CT molecular complexity index is 623. The third-order valence-corrected chi connectivity index (χ3v) is 4.83. The van der Waals surface area contributed by atoms with Crippen LogP contribution in [-0.2, 0) is 27.9 Å². The van der Waals surface area contributed by atoms with Crippen LogP contribution < -0.4 is 5.32 Å². The number of hydrogen-bond acceptors (Lipinski definition) is 6. The zero-order chi connectivity index (χ0) is 19.6. The van der Waals surface area contributed by atoms with Crippen molar-refractivity contribution in [2.24, 2.45) is 18.0 Å². The van der Waals surface area contributed by atoms with Gasteiger partial charge in [0.1, 0.15) is 12.4 Å². The van der Waals surface area contributed by atoms with Gasteiger partial charge >= 0.3 is 5.97 Å². The van der Waals surface area contributed by atoms with E-state index in [2.05, 4.69) is 20.4 Å². The Morgan fingerprint density at radius 3 is 2.67 bits per heavy atom. The number of ether oxygens (including phenoxy) is 2. The number of carbonyl (C=O) groups excluding carboxylic acids is 1. The van der Waals surface area contributed by atoms with Crippen molar-refractivity contribution >= 4 is 11.9 Å². The number of likely N-dealkylation sites (tertiary alicyclic amines) is 1. The van der Waals surface area contributed by atoms with Crippen LogP contribution in [0.25, 0.3) is 0 Å². The molecule has 152 valence electrons. The number of esters is 1. The SMILES string of the molecule is CCOCCCNC(=NCc1nnc(C)n1C)N1CCC(C(=O)OC)CC1. The number of methoxy groups -OCH3 is 1. The fourth-order valence-corrected chi connectivity index (χ4v) is 3.01. The summed E-state index contributed by atoms with van der Waals surface area (Å²) in [7, 11) is 3.39. The lowest BCUT2D eigenvalue weighted by Crippen LogP contribution is -2.47. The van der Waals surface area contributed by atoms with Gasteiger partial charge in [0.2, 0.25) is 0 Å². The molecule has 27 heavy (non-hydrogen) atoms. The second-order valence-corrected chi connectivity index (χ2v) is 6.62. The van der Waals surface area contributed by atoms with E-state index in [1.165, 1.54) is 7.11 Å². The predicted molar refractivity (Wildman–Crippen MR) is 102 cm³/mol. The van der Waals surface area contributed by atoms with E-state index in [1.807, 2.05) is 25.5 Å². The van der Waals surface area contributed by atoms with E-state index in [-0.39, 0.29) is 11.9 Å². The molecule has 2 heterocycles. The van der Waals surface area contributed by atoms with Crippen molar-refractivity contribution in [2.45, 2.75) is 39.7 Å². The average Bonchev–Trinajstić information content (AvgIpc) is 3.01. The topological polar surface area (TPSA) is 93.9 Å². The Hall–Kier alpha value is -2.16. The number of rotatable bonds is 8. The fraction of sp³-hybridized carbons (Fsp3) is 0.778. The smallest absolute Gasteiger partial charge is 0.308 e. The molecule has 1 aliphatic rings. The maximum absolute atomic E-state index is 11.7. The van der Waals surface area contributed by atoms with E-state index in [0.29, 0.717) is 6.54 Å². The number of aromatic nitrogens is 3. The largest absolute Gasteiger partial charge is 0.469 e. The molecular formula is C18H32N6O3. The average molecular weight is 380 g/mol. The van der Waals surface area contributed by atoms with Gasteiger partial charge in [0, 0.05) is 39.9 Å². The van der Waals surface area contributed by atoms with Crippen LogP contribution in [0.2, 0.25) is 0 Å². The molecule has 0 atom stereocenters. The summed E-state index contributed by atoms with van der Waals surface area (Å²) in [5, 5.41) is 11.7. The summed E-state index contributed by atoms with van der Waals surface area (Å²) in [5.41, 5.74) is 0. The van der Waals surface area contributed by atoms with Crippen molar-refractivity contribution < 1.29 is 14.3 Å². The Balaban J connectivity index is 1.97. The van der Waals surface area contributed by atoms with Gasteiger partial charge in [-0.25, -0.2) is 4.99 Å². The summed E-state index contributed by atoms with van der Waals surface area (Å²) in [6.07, 6.45) is 2.46. The van der Waals surface area contributed by atoms with Gasteiger partial charge in [-0.3, -0.25) is 4.79 Å². The van der Waals surface area contributed by atoms with E-state index < -0.39 is 0 Å². The Labute approximate surface area is 161 Å². The summed E-state index contributed by atoms with van der Waals surface area (Å²) in [5.74, 6) is 2.39. The van der Waals surface area contributed by atoms with Gasteiger partial charge in [-0.2, -0.15) is 0 Å². The minimum absolute atomic E-state index is 0.0214. The highest BCUT2D eigenvalue weighted by atomic mass is 16.5. The van der Waals surface area contributed by atoms with Gasteiger partial charge in [-0.1, -0.05) is 0 Å². The van der Waals surface area contributed by atoms with Crippen LogP contribution >= 0.6 is 0 Å². The summed E-state index contributed by atoms with van der Waals surface area (Å²) in [4.78, 5) is 18.7. The van der Waals surface area contributed by atoms with E-state index >= 15 is 0 Å². The summed E-state index contributed by atoms with van der Waals surface area (Å²) in [6, 6.07) is 0. The van der Waals surface area contributed by atoms with Gasteiger partial charge in [0.15, 0.2) is 11.8 Å². The number of hydrogen-bond donors (Lipinski definition) is 1. The zero-order valence-electron chi connectivity index (χ0n) is 16.9. The van der Waals surface area contributed by atoms with E-state index in [1.54, 1.807) is 0 Å². The quantitative estimate of drug-likeness (QED) is 0.310. The molecule has 0 aromatic carbocycles. The fourth-order valence-electron chi connectivity index (χ4n) is 3.01. The van der Waals surface area contributed by atoms with Gasteiger partial charge in [0.25, 0.3) is 0 Å². The second kappa shape index (κ2) is 10.9. The lowest BCUT2D eigenvalue weighted by atomic mass is 9.97. The first-order valence-electron chi connectivity index (χ1n) is 9.60. The van der Waals surface area contributed by atoms with Gasteiger partial charge in [-0.15, -0.1) is 10.2 Å². The molecule has 1 saturated heterocycles. The van der Waals surface area contributed by atoms with Crippen molar-refractivity contribution in [1.29, 1.82) is 0 Å². The summed E-state index contributed by atoms with van der Waals surface area (Å²) < 4.78 is 12.2. The first-order valence-corrected chi connectivity index (χ1v) is 9.60. The molecule has 1 fully saturated rings. The van der Waals surface area contributed by atoms with Crippen LogP contribution in [0.1, 0.15) is 37.8 Å². The summed E-state index contributed by atoms with van der Waals surface area (Å²) in [6.45, 7) is 8.16. The molecule has 1 aromatic heterocycles. The van der Waals surface area contributed by atoms with Gasteiger partial charge in [-0.05, 0) is 33.1 Å². The standard InChI is InChI=1S/C18H32N6O3/c1-5-27-12-6-9-19-18(20-13-16-22-21-14(2)23(16)3)24-10-7-15(8-11-24)17(25)26-4/h15H,5-13H2,1-4H3,(H,19,20). The van der Waals surface area contributed by atoms with Crippen molar-refractivity contribution in [2.75, 3.05) is 40.0 Å². The second-order valence-electron chi connectivity index (χ2n) is 6.62. The molecule has 0 saturated carbocycles. The number of aryl methyl sites for hydroxylation is 1. The lowest BCUT2D eigenvalue weighted by Gasteiger charge is -2.33. The Morgan fingerprint density at radius 1 is 1.33 bits per heavy atom. The Kier molecular flexibility index (Phi) is 8.50. The first-order chi connectivity index (χ1) is 13.1. The van der Waals surface area contributed by atoms with Gasteiger partial charge < -0.3 is 24.3 Å². The Morgan fingerprint density at radius 2 is 2.07 bits per heavy atom. The molecule has 9 heteroatoms. The lowest BCUT2D eigenvalue weighted by molar-refractivity contribution is -0.146. The molecular weight excluding hydrogens is 348 g/mol. The van der Waals surface area contributed by atoms with Crippen molar-refractivity contribution in [3.8, 4) is 0 Å². The molecule has 0 unspecified atom stereocenters. The van der Waals surface area contributed by atoms with Crippen molar-refractivity contribution in [1.82, 2.24) is 25.0 Å². The third-order valence-electron chi connectivity index (χ3n) is 4.83. The van der Waals surface area contributed by atoms with Crippen LogP contribution in [0.3, 0.4) is 0 Å². The highest BCUT2D eigenvalue weighted by Crippen LogP contribution is 2.18. The van der Waals surface area contributed by atoms with Crippen LogP contribution in [0.4, 0.5) is 0 Å². The molecule has 1 aliphatic heterocycles. The van der Waals surface area contributed by atoms with Crippen molar-refractivity contribution in [3.05, 3.63) is 11.6 Å². The molecule has 9 nitrogen and oxygen atoms in total. The third kappa shape index (κ3) is 6.20. The number of guanidine groups is 1. The first kappa shape index (κ1) is 21.1. The molecule has 0 aliphatic carbocycles. The molecule has 2 rings (SSSR count). The molecule has 0 bridgehead atoms. The molecule has 1 aromatic rings. The van der Waals surface area contributed by atoms with Crippen molar-refractivity contribution in [3.63, 3.8) is 0 Å². The molecule has 1 N–H and O–H groups in total. The molecule has 0 amide bonds.